The smallest absolute Gasteiger partial charge is 0.0968 e. The second-order valence-electron chi connectivity index (χ2n) is 3.04. The summed E-state index contributed by atoms with van der Waals surface area (Å²) >= 11 is 0. The van der Waals surface area contributed by atoms with Gasteiger partial charge in [0.1, 0.15) is 0 Å². The fraction of sp³-hybridized carbons (Fsp3) is 0.636. The molecular weight excluding hydrogens is 151 g/mol. The van der Waals surface area contributed by atoms with Crippen LogP contribution in [-0.2, 0) is 0 Å². The molecule has 0 radical (unpaired) electrons. The predicted octanol–water partition coefficient (Wildman–Crippen LogP) is 4.39. The fourth-order valence-electron chi connectivity index (χ4n) is 1.01. The topological polar surface area (TPSA) is 0 Å². The first-order valence-electron chi connectivity index (χ1n) is 4.72. The zero-order chi connectivity index (χ0) is 9.40. The summed E-state index contributed by atoms with van der Waals surface area (Å²) in [4.78, 5) is 0. The van der Waals surface area contributed by atoms with Gasteiger partial charge in [-0.25, -0.2) is 4.39 Å². The molecule has 0 N–H and O–H groups in total. The van der Waals surface area contributed by atoms with Gasteiger partial charge in [-0.3, -0.25) is 0 Å². The Labute approximate surface area is 75.2 Å². The SMILES string of the molecule is CCCC/C(=C/C=C(\C)F)CC. The molecule has 0 aliphatic carbocycles. The summed E-state index contributed by atoms with van der Waals surface area (Å²) in [6.07, 6.45) is 8.01. The fourth-order valence-corrected chi connectivity index (χ4v) is 1.01. The highest BCUT2D eigenvalue weighted by molar-refractivity contribution is 5.13. The lowest BCUT2D eigenvalue weighted by atomic mass is 10.1. The molecule has 0 aliphatic rings. The Balaban J connectivity index is 3.95. The number of halogens is 1. The second kappa shape index (κ2) is 7.08. The first-order valence-corrected chi connectivity index (χ1v) is 4.72. The van der Waals surface area contributed by atoms with Crippen LogP contribution in [0.15, 0.2) is 23.6 Å². The third-order valence-corrected chi connectivity index (χ3v) is 1.85. The van der Waals surface area contributed by atoms with E-state index in [0.29, 0.717) is 0 Å². The molecule has 0 nitrogen and oxygen atoms in total. The molecule has 0 unspecified atom stereocenters. The van der Waals surface area contributed by atoms with E-state index in [0.717, 1.165) is 12.8 Å². The van der Waals surface area contributed by atoms with E-state index in [1.165, 1.54) is 25.3 Å². The first-order chi connectivity index (χ1) is 5.70. The lowest BCUT2D eigenvalue weighted by Gasteiger charge is -2.00. The van der Waals surface area contributed by atoms with E-state index in [1.807, 2.05) is 6.08 Å². The van der Waals surface area contributed by atoms with Gasteiger partial charge in [-0.05, 0) is 32.3 Å². The lowest BCUT2D eigenvalue weighted by Crippen LogP contribution is -1.80. The lowest BCUT2D eigenvalue weighted by molar-refractivity contribution is 0.640. The van der Waals surface area contributed by atoms with E-state index < -0.39 is 0 Å². The maximum atomic E-state index is 12.3. The van der Waals surface area contributed by atoms with Gasteiger partial charge in [-0.15, -0.1) is 0 Å². The van der Waals surface area contributed by atoms with Crippen LogP contribution in [0.5, 0.6) is 0 Å². The van der Waals surface area contributed by atoms with E-state index >= 15 is 0 Å². The molecule has 1 heteroatoms. The van der Waals surface area contributed by atoms with Gasteiger partial charge in [0.15, 0.2) is 0 Å². The summed E-state index contributed by atoms with van der Waals surface area (Å²) in [5, 5.41) is 0. The van der Waals surface area contributed by atoms with Crippen LogP contribution < -0.4 is 0 Å². The number of unbranched alkanes of at least 4 members (excludes halogenated alkanes) is 1. The van der Waals surface area contributed by atoms with Crippen molar-refractivity contribution in [3.63, 3.8) is 0 Å². The van der Waals surface area contributed by atoms with Crippen LogP contribution in [0.1, 0.15) is 46.5 Å². The van der Waals surface area contributed by atoms with Gasteiger partial charge < -0.3 is 0 Å². The van der Waals surface area contributed by atoms with Crippen LogP contribution in [-0.4, -0.2) is 0 Å². The third kappa shape index (κ3) is 6.14. The van der Waals surface area contributed by atoms with Gasteiger partial charge in [-0.2, -0.15) is 0 Å². The summed E-state index contributed by atoms with van der Waals surface area (Å²) < 4.78 is 12.3. The van der Waals surface area contributed by atoms with E-state index in [9.17, 15) is 4.39 Å². The van der Waals surface area contributed by atoms with Crippen molar-refractivity contribution in [2.75, 3.05) is 0 Å². The van der Waals surface area contributed by atoms with E-state index in [2.05, 4.69) is 13.8 Å². The van der Waals surface area contributed by atoms with Gasteiger partial charge in [0.05, 0.1) is 5.83 Å². The Morgan fingerprint density at radius 2 is 1.92 bits per heavy atom. The molecule has 0 saturated heterocycles. The summed E-state index contributed by atoms with van der Waals surface area (Å²) in [6, 6.07) is 0. The number of hydrogen-bond acceptors (Lipinski definition) is 0. The quantitative estimate of drug-likeness (QED) is 0.537. The monoisotopic (exact) mass is 170 g/mol. The molecule has 0 aliphatic heterocycles. The standard InChI is InChI=1S/C11H19F/c1-4-6-7-11(5-2)9-8-10(3)12/h8-9H,4-7H2,1-3H3/b10-8+,11-9+. The largest absolute Gasteiger partial charge is 0.212 e. The molecule has 70 valence electrons. The van der Waals surface area contributed by atoms with Crippen molar-refractivity contribution in [3.8, 4) is 0 Å². The number of hydrogen-bond donors (Lipinski definition) is 0. The molecule has 0 aromatic rings. The minimum atomic E-state index is -0.113. The van der Waals surface area contributed by atoms with Crippen molar-refractivity contribution >= 4 is 0 Å². The van der Waals surface area contributed by atoms with Crippen molar-refractivity contribution in [1.82, 2.24) is 0 Å². The summed E-state index contributed by atoms with van der Waals surface area (Å²) in [5.41, 5.74) is 1.34. The van der Waals surface area contributed by atoms with Crippen LogP contribution in [0.25, 0.3) is 0 Å². The van der Waals surface area contributed by atoms with Gasteiger partial charge >= 0.3 is 0 Å². The van der Waals surface area contributed by atoms with Gasteiger partial charge in [0.2, 0.25) is 0 Å². The molecule has 12 heavy (non-hydrogen) atoms. The molecular formula is C11H19F. The highest BCUT2D eigenvalue weighted by Gasteiger charge is 1.91. The minimum Gasteiger partial charge on any atom is -0.212 e. The predicted molar refractivity (Wildman–Crippen MR) is 52.8 cm³/mol. The first kappa shape index (κ1) is 11.4. The average molecular weight is 170 g/mol. The van der Waals surface area contributed by atoms with Crippen molar-refractivity contribution in [3.05, 3.63) is 23.6 Å². The van der Waals surface area contributed by atoms with Crippen molar-refractivity contribution in [1.29, 1.82) is 0 Å². The molecule has 0 bridgehead atoms. The zero-order valence-electron chi connectivity index (χ0n) is 8.36. The van der Waals surface area contributed by atoms with Crippen LogP contribution in [0.2, 0.25) is 0 Å². The molecule has 0 fully saturated rings. The Morgan fingerprint density at radius 1 is 1.25 bits per heavy atom. The van der Waals surface area contributed by atoms with Crippen molar-refractivity contribution < 1.29 is 4.39 Å². The molecule has 0 aromatic heterocycles. The van der Waals surface area contributed by atoms with Crippen LogP contribution in [0.3, 0.4) is 0 Å². The van der Waals surface area contributed by atoms with Gasteiger partial charge in [-0.1, -0.05) is 31.9 Å². The molecule has 0 heterocycles. The maximum Gasteiger partial charge on any atom is 0.0968 e. The normalized spacial score (nSPS) is 13.7. The molecule has 0 atom stereocenters. The van der Waals surface area contributed by atoms with Gasteiger partial charge in [0.25, 0.3) is 0 Å². The summed E-state index contributed by atoms with van der Waals surface area (Å²) in [7, 11) is 0. The van der Waals surface area contributed by atoms with E-state index in [1.54, 1.807) is 6.08 Å². The van der Waals surface area contributed by atoms with E-state index in [4.69, 9.17) is 0 Å². The molecule has 0 saturated carbocycles. The Kier molecular flexibility index (Phi) is 6.73. The van der Waals surface area contributed by atoms with Crippen molar-refractivity contribution in [2.45, 2.75) is 46.5 Å². The highest BCUT2D eigenvalue weighted by atomic mass is 19.1. The summed E-state index contributed by atoms with van der Waals surface area (Å²) in [5.74, 6) is -0.113. The van der Waals surface area contributed by atoms with Crippen LogP contribution >= 0.6 is 0 Å². The molecule has 0 rings (SSSR count). The minimum absolute atomic E-state index is 0.113. The van der Waals surface area contributed by atoms with Crippen LogP contribution in [0, 0.1) is 0 Å². The van der Waals surface area contributed by atoms with Gasteiger partial charge in [0, 0.05) is 0 Å². The third-order valence-electron chi connectivity index (χ3n) is 1.85. The Hall–Kier alpha value is -0.590. The maximum absolute atomic E-state index is 12.3. The average Bonchev–Trinajstić information content (AvgIpc) is 2.05. The highest BCUT2D eigenvalue weighted by Crippen LogP contribution is 2.11. The van der Waals surface area contributed by atoms with E-state index in [-0.39, 0.29) is 5.83 Å². The van der Waals surface area contributed by atoms with Crippen molar-refractivity contribution in [2.24, 2.45) is 0 Å². The molecule has 0 spiro atoms. The second-order valence-corrected chi connectivity index (χ2v) is 3.04. The molecule has 0 amide bonds. The van der Waals surface area contributed by atoms with Crippen LogP contribution in [0.4, 0.5) is 4.39 Å². The Morgan fingerprint density at radius 3 is 2.33 bits per heavy atom. The number of rotatable bonds is 5. The molecule has 0 aromatic carbocycles. The number of allylic oxidation sites excluding steroid dienone is 4. The Bertz CT molecular complexity index is 162. The summed E-state index contributed by atoms with van der Waals surface area (Å²) in [6.45, 7) is 5.76. The zero-order valence-corrected chi connectivity index (χ0v) is 8.36.